The lowest BCUT2D eigenvalue weighted by Crippen LogP contribution is -1.82. The van der Waals surface area contributed by atoms with Crippen molar-refractivity contribution in [2.24, 2.45) is 0 Å². The molecule has 0 fully saturated rings. The van der Waals surface area contributed by atoms with Crippen LogP contribution in [0.5, 0.6) is 0 Å². The molecule has 0 aliphatic heterocycles. The van der Waals surface area contributed by atoms with Crippen LogP contribution in [0.25, 0.3) is 10.8 Å². The van der Waals surface area contributed by atoms with Gasteiger partial charge in [-0.15, -0.1) is 11.3 Å². The van der Waals surface area contributed by atoms with Crippen LogP contribution in [0.2, 0.25) is 0 Å². The fraction of sp³-hybridized carbons (Fsp3) is 0.125. The maximum Gasteiger partial charge on any atom is 0.162 e. The van der Waals surface area contributed by atoms with Gasteiger partial charge < -0.3 is 9.52 Å². The Balaban J connectivity index is 2.43. The second kappa shape index (κ2) is 3.61. The van der Waals surface area contributed by atoms with E-state index >= 15 is 0 Å². The van der Waals surface area contributed by atoms with E-state index in [4.69, 9.17) is 9.52 Å². The van der Waals surface area contributed by atoms with E-state index in [0.717, 1.165) is 14.6 Å². The minimum absolute atomic E-state index is 0.0577. The van der Waals surface area contributed by atoms with Gasteiger partial charge in [0.2, 0.25) is 0 Å². The van der Waals surface area contributed by atoms with Gasteiger partial charge in [0, 0.05) is 0 Å². The largest absolute Gasteiger partial charge is 0.462 e. The molecule has 0 bridgehead atoms. The first-order chi connectivity index (χ1) is 6.31. The Morgan fingerprint density at radius 3 is 3.00 bits per heavy atom. The molecule has 0 amide bonds. The van der Waals surface area contributed by atoms with E-state index in [2.05, 4.69) is 20.9 Å². The van der Waals surface area contributed by atoms with Crippen molar-refractivity contribution in [1.29, 1.82) is 0 Å². The minimum Gasteiger partial charge on any atom is -0.462 e. The third-order valence-corrected chi connectivity index (χ3v) is 3.38. The number of rotatable bonds is 2. The van der Waals surface area contributed by atoms with Gasteiger partial charge in [0.25, 0.3) is 0 Å². The Morgan fingerprint density at radius 2 is 2.46 bits per heavy atom. The summed E-state index contributed by atoms with van der Waals surface area (Å²) in [5.74, 6) is 0.727. The zero-order chi connectivity index (χ0) is 9.26. The zero-order valence-corrected chi connectivity index (χ0v) is 8.93. The summed E-state index contributed by atoms with van der Waals surface area (Å²) in [4.78, 5) is 4.20. The van der Waals surface area contributed by atoms with E-state index in [1.165, 1.54) is 11.3 Å². The summed E-state index contributed by atoms with van der Waals surface area (Å²) in [6.45, 7) is -0.0577. The summed E-state index contributed by atoms with van der Waals surface area (Å²) >= 11 is 4.77. The number of hydrogen-bond donors (Lipinski definition) is 1. The second-order valence-electron chi connectivity index (χ2n) is 2.37. The summed E-state index contributed by atoms with van der Waals surface area (Å²) < 4.78 is 6.03. The molecule has 0 aromatic carbocycles. The van der Waals surface area contributed by atoms with Crippen molar-refractivity contribution in [2.75, 3.05) is 0 Å². The van der Waals surface area contributed by atoms with Crippen LogP contribution in [-0.2, 0) is 6.61 Å². The summed E-state index contributed by atoms with van der Waals surface area (Å²) in [7, 11) is 0. The molecular formula is C8H6BrNO2S. The molecule has 3 nitrogen and oxygen atoms in total. The smallest absolute Gasteiger partial charge is 0.162 e. The number of thiazole rings is 1. The highest BCUT2D eigenvalue weighted by Crippen LogP contribution is 2.31. The molecule has 0 spiro atoms. The van der Waals surface area contributed by atoms with Crippen molar-refractivity contribution < 1.29 is 9.52 Å². The van der Waals surface area contributed by atoms with Crippen molar-refractivity contribution in [3.05, 3.63) is 27.9 Å². The van der Waals surface area contributed by atoms with E-state index in [1.807, 2.05) is 12.1 Å². The van der Waals surface area contributed by atoms with Gasteiger partial charge in [-0.1, -0.05) is 0 Å². The number of aliphatic hydroxyl groups is 1. The van der Waals surface area contributed by atoms with Crippen molar-refractivity contribution >= 4 is 27.3 Å². The van der Waals surface area contributed by atoms with Crippen molar-refractivity contribution in [2.45, 2.75) is 6.61 Å². The molecule has 0 unspecified atom stereocenters. The molecule has 1 N–H and O–H groups in total. The van der Waals surface area contributed by atoms with Gasteiger partial charge in [-0.3, -0.25) is 0 Å². The molecule has 2 heterocycles. The van der Waals surface area contributed by atoms with Gasteiger partial charge >= 0.3 is 0 Å². The van der Waals surface area contributed by atoms with Gasteiger partial charge in [-0.25, -0.2) is 4.98 Å². The SMILES string of the molecule is OCc1nc(-c2ccco2)sc1Br. The fourth-order valence-corrected chi connectivity index (χ4v) is 2.38. The summed E-state index contributed by atoms with van der Waals surface area (Å²) in [6.07, 6.45) is 1.60. The Morgan fingerprint density at radius 1 is 1.62 bits per heavy atom. The van der Waals surface area contributed by atoms with Gasteiger partial charge in [-0.2, -0.15) is 0 Å². The first kappa shape index (κ1) is 8.93. The van der Waals surface area contributed by atoms with Crippen LogP contribution < -0.4 is 0 Å². The zero-order valence-electron chi connectivity index (χ0n) is 6.53. The highest BCUT2D eigenvalue weighted by molar-refractivity contribution is 9.11. The first-order valence-electron chi connectivity index (χ1n) is 3.61. The highest BCUT2D eigenvalue weighted by atomic mass is 79.9. The number of hydrogen-bond acceptors (Lipinski definition) is 4. The normalized spacial score (nSPS) is 10.6. The Kier molecular flexibility index (Phi) is 2.48. The quantitative estimate of drug-likeness (QED) is 0.902. The van der Waals surface area contributed by atoms with Gasteiger partial charge in [-0.05, 0) is 28.1 Å². The Hall–Kier alpha value is -0.650. The average Bonchev–Trinajstić information content (AvgIpc) is 2.71. The monoisotopic (exact) mass is 259 g/mol. The second-order valence-corrected chi connectivity index (χ2v) is 4.69. The molecule has 0 radical (unpaired) electrons. The lowest BCUT2D eigenvalue weighted by molar-refractivity contribution is 0.277. The number of aliphatic hydroxyl groups excluding tert-OH is 1. The maximum absolute atomic E-state index is 8.91. The molecule has 0 saturated heterocycles. The summed E-state index contributed by atoms with van der Waals surface area (Å²) in [5, 5.41) is 9.69. The van der Waals surface area contributed by atoms with Gasteiger partial charge in [0.1, 0.15) is 0 Å². The molecule has 0 aliphatic carbocycles. The van der Waals surface area contributed by atoms with Crippen LogP contribution in [0.3, 0.4) is 0 Å². The summed E-state index contributed by atoms with van der Waals surface area (Å²) in [6, 6.07) is 3.65. The Labute approximate surface area is 87.2 Å². The highest BCUT2D eigenvalue weighted by Gasteiger charge is 2.10. The average molecular weight is 260 g/mol. The molecule has 0 aliphatic rings. The van der Waals surface area contributed by atoms with Crippen LogP contribution >= 0.6 is 27.3 Å². The topological polar surface area (TPSA) is 46.3 Å². The minimum atomic E-state index is -0.0577. The molecule has 13 heavy (non-hydrogen) atoms. The fourth-order valence-electron chi connectivity index (χ4n) is 0.936. The van der Waals surface area contributed by atoms with E-state index < -0.39 is 0 Å². The summed E-state index contributed by atoms with van der Waals surface area (Å²) in [5.41, 5.74) is 0.649. The van der Waals surface area contributed by atoms with Gasteiger partial charge in [0.15, 0.2) is 10.8 Å². The molecule has 2 aromatic rings. The molecule has 0 atom stereocenters. The maximum atomic E-state index is 8.91. The van der Waals surface area contributed by atoms with Crippen molar-refractivity contribution in [3.8, 4) is 10.8 Å². The predicted octanol–water partition coefficient (Wildman–Crippen LogP) is 2.66. The third-order valence-electron chi connectivity index (χ3n) is 1.53. The predicted molar refractivity (Wildman–Crippen MR) is 53.4 cm³/mol. The molecule has 68 valence electrons. The molecule has 2 aromatic heterocycles. The van der Waals surface area contributed by atoms with Crippen LogP contribution in [-0.4, -0.2) is 10.1 Å². The third kappa shape index (κ3) is 1.67. The molecule has 2 rings (SSSR count). The first-order valence-corrected chi connectivity index (χ1v) is 5.22. The van der Waals surface area contributed by atoms with Crippen LogP contribution in [0.15, 0.2) is 26.6 Å². The Bertz CT molecular complexity index is 396. The van der Waals surface area contributed by atoms with E-state index in [9.17, 15) is 0 Å². The van der Waals surface area contributed by atoms with Crippen molar-refractivity contribution in [1.82, 2.24) is 4.98 Å². The number of nitrogens with zero attached hydrogens (tertiary/aromatic N) is 1. The van der Waals surface area contributed by atoms with E-state index in [1.54, 1.807) is 6.26 Å². The standard InChI is InChI=1S/C8H6BrNO2S/c9-7-5(4-11)10-8(13-7)6-2-1-3-12-6/h1-3,11H,4H2. The molecular weight excluding hydrogens is 254 g/mol. The number of halogens is 1. The number of furan rings is 1. The number of aromatic nitrogens is 1. The lowest BCUT2D eigenvalue weighted by Gasteiger charge is -1.86. The molecule has 5 heteroatoms. The van der Waals surface area contributed by atoms with Gasteiger partial charge in [0.05, 0.1) is 22.4 Å². The van der Waals surface area contributed by atoms with Crippen LogP contribution in [0.1, 0.15) is 5.69 Å². The molecule has 0 saturated carbocycles. The van der Waals surface area contributed by atoms with Crippen LogP contribution in [0.4, 0.5) is 0 Å². The van der Waals surface area contributed by atoms with Crippen molar-refractivity contribution in [3.63, 3.8) is 0 Å². The lowest BCUT2D eigenvalue weighted by atomic mass is 10.4. The van der Waals surface area contributed by atoms with E-state index in [0.29, 0.717) is 5.69 Å². The van der Waals surface area contributed by atoms with E-state index in [-0.39, 0.29) is 6.61 Å². The van der Waals surface area contributed by atoms with Crippen LogP contribution in [0, 0.1) is 0 Å².